The minimum absolute atomic E-state index is 0.857. The maximum Gasteiger partial charge on any atom is 0.193 e. The van der Waals surface area contributed by atoms with E-state index < -0.39 is 0 Å². The summed E-state index contributed by atoms with van der Waals surface area (Å²) in [5, 5.41) is 3.35. The molecule has 0 aromatic heterocycles. The van der Waals surface area contributed by atoms with E-state index in [2.05, 4.69) is 49.5 Å². The fraction of sp³-hybridized carbons (Fsp3) is 0.800. The van der Waals surface area contributed by atoms with Gasteiger partial charge in [-0.05, 0) is 32.9 Å². The molecule has 0 aliphatic carbocycles. The highest BCUT2D eigenvalue weighted by Gasteiger charge is 2.05. The van der Waals surface area contributed by atoms with Crippen molar-refractivity contribution in [3.8, 4) is 0 Å². The maximum atomic E-state index is 4.69. The van der Waals surface area contributed by atoms with Crippen LogP contribution in [0, 0.1) is 0 Å². The molecule has 0 unspecified atom stereocenters. The summed E-state index contributed by atoms with van der Waals surface area (Å²) in [6.07, 6.45) is 4.15. The van der Waals surface area contributed by atoms with E-state index in [1.807, 2.05) is 6.08 Å². The summed E-state index contributed by atoms with van der Waals surface area (Å²) in [5.41, 5.74) is 0. The van der Waals surface area contributed by atoms with E-state index in [-0.39, 0.29) is 0 Å². The number of hydrogen-bond donors (Lipinski definition) is 1. The van der Waals surface area contributed by atoms with E-state index in [1.54, 1.807) is 0 Å². The third-order valence-corrected chi connectivity index (χ3v) is 3.17. The highest BCUT2D eigenvalue weighted by atomic mass is 15.3. The number of aliphatic imine (C=N–C) groups is 1. The second kappa shape index (κ2) is 12.0. The van der Waals surface area contributed by atoms with E-state index in [0.29, 0.717) is 0 Å². The molecule has 112 valence electrons. The monoisotopic (exact) mass is 268 g/mol. The lowest BCUT2D eigenvalue weighted by molar-refractivity contribution is 0.312. The van der Waals surface area contributed by atoms with Crippen LogP contribution in [0.5, 0.6) is 0 Å². The van der Waals surface area contributed by atoms with Gasteiger partial charge < -0.3 is 15.1 Å². The standard InChI is InChI=1S/C15H32N4/c1-6-10-11-13-18(5)15(16-7-2)17-12-14-19(8-3)9-4/h6H,1,7-14H2,2-5H3,(H,16,17). The molecular weight excluding hydrogens is 236 g/mol. The van der Waals surface area contributed by atoms with Gasteiger partial charge in [-0.25, -0.2) is 0 Å². The summed E-state index contributed by atoms with van der Waals surface area (Å²) in [7, 11) is 2.10. The zero-order valence-electron chi connectivity index (χ0n) is 13.3. The first-order chi connectivity index (χ1) is 9.19. The summed E-state index contributed by atoms with van der Waals surface area (Å²) in [6, 6.07) is 0. The molecule has 0 aromatic carbocycles. The predicted molar refractivity (Wildman–Crippen MR) is 85.8 cm³/mol. The van der Waals surface area contributed by atoms with Crippen molar-refractivity contribution >= 4 is 5.96 Å². The fourth-order valence-electron chi connectivity index (χ4n) is 1.89. The van der Waals surface area contributed by atoms with Gasteiger partial charge in [0.25, 0.3) is 0 Å². The molecule has 0 fully saturated rings. The summed E-state index contributed by atoms with van der Waals surface area (Å²) in [5.74, 6) is 1.01. The number of likely N-dealkylation sites (N-methyl/N-ethyl adjacent to an activating group) is 1. The molecule has 4 heteroatoms. The van der Waals surface area contributed by atoms with E-state index in [0.717, 1.165) is 58.1 Å². The topological polar surface area (TPSA) is 30.9 Å². The third kappa shape index (κ3) is 8.65. The summed E-state index contributed by atoms with van der Waals surface area (Å²) in [6.45, 7) is 16.3. The van der Waals surface area contributed by atoms with Gasteiger partial charge in [-0.1, -0.05) is 19.9 Å². The van der Waals surface area contributed by atoms with Crippen molar-refractivity contribution in [2.24, 2.45) is 4.99 Å². The highest BCUT2D eigenvalue weighted by molar-refractivity contribution is 5.79. The molecule has 0 spiro atoms. The molecule has 0 atom stereocenters. The van der Waals surface area contributed by atoms with Crippen molar-refractivity contribution in [3.05, 3.63) is 12.7 Å². The number of unbranched alkanes of at least 4 members (excludes halogenated alkanes) is 1. The Morgan fingerprint density at radius 1 is 1.21 bits per heavy atom. The lowest BCUT2D eigenvalue weighted by Crippen LogP contribution is -2.40. The average Bonchev–Trinajstić information content (AvgIpc) is 2.42. The Morgan fingerprint density at radius 2 is 1.89 bits per heavy atom. The first-order valence-corrected chi connectivity index (χ1v) is 7.52. The molecule has 0 radical (unpaired) electrons. The van der Waals surface area contributed by atoms with Gasteiger partial charge >= 0.3 is 0 Å². The number of hydrogen-bond acceptors (Lipinski definition) is 2. The Kier molecular flexibility index (Phi) is 11.4. The number of nitrogens with one attached hydrogen (secondary N) is 1. The molecule has 0 aliphatic rings. The Bertz CT molecular complexity index is 247. The van der Waals surface area contributed by atoms with Crippen LogP contribution in [0.3, 0.4) is 0 Å². The van der Waals surface area contributed by atoms with Crippen molar-refractivity contribution in [2.75, 3.05) is 46.3 Å². The smallest absolute Gasteiger partial charge is 0.193 e. The normalized spacial score (nSPS) is 11.7. The number of guanidine groups is 1. The van der Waals surface area contributed by atoms with Gasteiger partial charge in [0, 0.05) is 26.7 Å². The van der Waals surface area contributed by atoms with Crippen LogP contribution in [0.1, 0.15) is 33.6 Å². The van der Waals surface area contributed by atoms with Crippen LogP contribution in [-0.2, 0) is 0 Å². The van der Waals surface area contributed by atoms with Gasteiger partial charge in [-0.15, -0.1) is 6.58 Å². The van der Waals surface area contributed by atoms with Crippen molar-refractivity contribution in [3.63, 3.8) is 0 Å². The zero-order valence-corrected chi connectivity index (χ0v) is 13.3. The molecule has 0 bridgehead atoms. The van der Waals surface area contributed by atoms with Gasteiger partial charge in [0.1, 0.15) is 0 Å². The van der Waals surface area contributed by atoms with Crippen LogP contribution in [0.2, 0.25) is 0 Å². The predicted octanol–water partition coefficient (Wildman–Crippen LogP) is 2.19. The van der Waals surface area contributed by atoms with E-state index >= 15 is 0 Å². The molecule has 0 rings (SSSR count). The Hall–Kier alpha value is -1.03. The quantitative estimate of drug-likeness (QED) is 0.285. The Balaban J connectivity index is 4.23. The lowest BCUT2D eigenvalue weighted by atomic mass is 10.3. The summed E-state index contributed by atoms with van der Waals surface area (Å²) in [4.78, 5) is 9.29. The molecule has 0 heterocycles. The molecule has 4 nitrogen and oxygen atoms in total. The van der Waals surface area contributed by atoms with E-state index in [4.69, 9.17) is 4.99 Å². The molecule has 0 aromatic rings. The minimum Gasteiger partial charge on any atom is -0.357 e. The van der Waals surface area contributed by atoms with Crippen LogP contribution in [0.15, 0.2) is 17.6 Å². The van der Waals surface area contributed by atoms with Gasteiger partial charge in [0.2, 0.25) is 0 Å². The molecule has 19 heavy (non-hydrogen) atoms. The van der Waals surface area contributed by atoms with Gasteiger partial charge in [0.15, 0.2) is 5.96 Å². The van der Waals surface area contributed by atoms with Crippen LogP contribution < -0.4 is 5.32 Å². The van der Waals surface area contributed by atoms with Crippen LogP contribution in [0.25, 0.3) is 0 Å². The molecule has 0 saturated heterocycles. The van der Waals surface area contributed by atoms with Crippen LogP contribution >= 0.6 is 0 Å². The van der Waals surface area contributed by atoms with Crippen LogP contribution in [0.4, 0.5) is 0 Å². The zero-order chi connectivity index (χ0) is 14.5. The number of rotatable bonds is 10. The Labute approximate surface area is 119 Å². The highest BCUT2D eigenvalue weighted by Crippen LogP contribution is 1.95. The number of nitrogens with zero attached hydrogens (tertiary/aromatic N) is 3. The fourth-order valence-corrected chi connectivity index (χ4v) is 1.89. The molecule has 0 amide bonds. The minimum atomic E-state index is 0.857. The maximum absolute atomic E-state index is 4.69. The SMILES string of the molecule is C=CCCCN(C)C(=NCCN(CC)CC)NCC. The lowest BCUT2D eigenvalue weighted by Gasteiger charge is -2.22. The first-order valence-electron chi connectivity index (χ1n) is 7.52. The van der Waals surface area contributed by atoms with Gasteiger partial charge in [0.05, 0.1) is 6.54 Å². The van der Waals surface area contributed by atoms with Crippen LogP contribution in [-0.4, -0.2) is 62.1 Å². The molecule has 0 aliphatic heterocycles. The molecule has 1 N–H and O–H groups in total. The molecule has 0 saturated carbocycles. The second-order valence-electron chi connectivity index (χ2n) is 4.61. The first kappa shape index (κ1) is 18.0. The second-order valence-corrected chi connectivity index (χ2v) is 4.61. The molecular formula is C15H32N4. The Morgan fingerprint density at radius 3 is 2.42 bits per heavy atom. The number of allylic oxidation sites excluding steroid dienone is 1. The summed E-state index contributed by atoms with van der Waals surface area (Å²) >= 11 is 0. The van der Waals surface area contributed by atoms with Crippen molar-refractivity contribution in [1.29, 1.82) is 0 Å². The van der Waals surface area contributed by atoms with E-state index in [1.165, 1.54) is 0 Å². The third-order valence-electron chi connectivity index (χ3n) is 3.17. The largest absolute Gasteiger partial charge is 0.357 e. The van der Waals surface area contributed by atoms with Gasteiger partial charge in [-0.3, -0.25) is 4.99 Å². The van der Waals surface area contributed by atoms with Crippen molar-refractivity contribution in [1.82, 2.24) is 15.1 Å². The van der Waals surface area contributed by atoms with E-state index in [9.17, 15) is 0 Å². The summed E-state index contributed by atoms with van der Waals surface area (Å²) < 4.78 is 0. The average molecular weight is 268 g/mol. The van der Waals surface area contributed by atoms with Gasteiger partial charge in [-0.2, -0.15) is 0 Å². The van der Waals surface area contributed by atoms with Crippen molar-refractivity contribution in [2.45, 2.75) is 33.6 Å². The van der Waals surface area contributed by atoms with Crippen molar-refractivity contribution < 1.29 is 0 Å².